The zero-order valence-corrected chi connectivity index (χ0v) is 20.5. The van der Waals surface area contributed by atoms with E-state index in [4.69, 9.17) is 16.3 Å². The van der Waals surface area contributed by atoms with Crippen LogP contribution in [-0.4, -0.2) is 46.1 Å². The van der Waals surface area contributed by atoms with Crippen LogP contribution >= 0.6 is 11.6 Å². The van der Waals surface area contributed by atoms with Crippen LogP contribution in [0.4, 0.5) is 0 Å². The fourth-order valence-corrected chi connectivity index (χ4v) is 5.12. The number of ketones is 1. The van der Waals surface area contributed by atoms with Gasteiger partial charge in [0.15, 0.2) is 12.4 Å². The van der Waals surface area contributed by atoms with Crippen molar-refractivity contribution in [3.8, 4) is 0 Å². The standard InChI is InChI=1S/C24H31ClN2O6/c1-23(2,3)33-16(28)13-14-8-10-24(4,11-9-14)26-21(30)20(29)19-18(25)17(22(31)32-5)15-7-6-12-27(15)19/h14H,5-13H2,1-4H3/p+1. The van der Waals surface area contributed by atoms with E-state index in [0.29, 0.717) is 37.9 Å². The normalized spacial score (nSPS) is 22.4. The molecule has 180 valence electrons. The molecule has 1 aliphatic carbocycles. The lowest BCUT2D eigenvalue weighted by Crippen LogP contribution is -2.51. The van der Waals surface area contributed by atoms with Gasteiger partial charge in [0.2, 0.25) is 0 Å². The molecule has 33 heavy (non-hydrogen) atoms. The topological polar surface area (TPSA) is 106 Å². The molecule has 1 N–H and O–H groups in total. The third-order valence-electron chi connectivity index (χ3n) is 6.36. The molecule has 1 amide bonds. The Labute approximate surface area is 198 Å². The van der Waals surface area contributed by atoms with E-state index in [2.05, 4.69) is 16.5 Å². The zero-order chi connectivity index (χ0) is 24.6. The van der Waals surface area contributed by atoms with E-state index in [-0.39, 0.29) is 28.2 Å². The van der Waals surface area contributed by atoms with E-state index in [1.165, 1.54) is 0 Å². The van der Waals surface area contributed by atoms with Crippen LogP contribution in [0.2, 0.25) is 5.02 Å². The molecule has 2 aliphatic rings. The molecule has 0 radical (unpaired) electrons. The fraction of sp³-hybridized carbons (Fsp3) is 0.625. The van der Waals surface area contributed by atoms with Gasteiger partial charge in [-0.3, -0.25) is 18.8 Å². The number of Topliss-reactive ketones (excluding diaryl/α,β-unsaturated/α-hetero) is 1. The number of fused-ring (bicyclic) bond motifs is 1. The average molecular weight is 480 g/mol. The summed E-state index contributed by atoms with van der Waals surface area (Å²) in [6.45, 7) is 11.1. The van der Waals surface area contributed by atoms with Gasteiger partial charge in [0.25, 0.3) is 11.7 Å². The summed E-state index contributed by atoms with van der Waals surface area (Å²) in [5.41, 5.74) is -0.365. The Hall–Kier alpha value is -2.48. The Balaban J connectivity index is 1.66. The first-order valence-electron chi connectivity index (χ1n) is 11.3. The van der Waals surface area contributed by atoms with Crippen LogP contribution in [0.25, 0.3) is 0 Å². The van der Waals surface area contributed by atoms with Gasteiger partial charge in [0.05, 0.1) is 9.82 Å². The van der Waals surface area contributed by atoms with Gasteiger partial charge in [-0.2, -0.15) is 0 Å². The molecule has 0 spiro atoms. The summed E-state index contributed by atoms with van der Waals surface area (Å²) in [5, 5.41) is 2.81. The minimum atomic E-state index is -0.775. The van der Waals surface area contributed by atoms with Crippen molar-refractivity contribution in [2.24, 2.45) is 5.92 Å². The van der Waals surface area contributed by atoms with E-state index < -0.39 is 28.8 Å². The van der Waals surface area contributed by atoms with Crippen molar-refractivity contribution < 1.29 is 28.3 Å². The number of carbonyl (C=O) groups excluding carboxylic acids is 5. The summed E-state index contributed by atoms with van der Waals surface area (Å²) in [5.74, 6) is -2.29. The average Bonchev–Trinajstić information content (AvgIpc) is 3.27. The van der Waals surface area contributed by atoms with Crippen LogP contribution in [0.3, 0.4) is 0 Å². The highest BCUT2D eigenvalue weighted by atomic mass is 35.5. The number of ether oxygens (including phenoxy) is 1. The highest BCUT2D eigenvalue weighted by molar-refractivity contribution is 6.47. The molecule has 1 aromatic heterocycles. The van der Waals surface area contributed by atoms with Gasteiger partial charge in [-0.25, -0.2) is 0 Å². The second-order valence-electron chi connectivity index (χ2n) is 10.2. The van der Waals surface area contributed by atoms with Gasteiger partial charge in [-0.15, -0.1) is 0 Å². The first kappa shape index (κ1) is 25.1. The molecule has 0 aromatic carbocycles. The number of rotatable bonds is 6. The minimum absolute atomic E-state index is 0.0179. The van der Waals surface area contributed by atoms with Crippen molar-refractivity contribution in [1.29, 1.82) is 0 Å². The number of amides is 1. The quantitative estimate of drug-likeness (QED) is 0.290. The number of nitrogens with one attached hydrogen (secondary N) is 1. The summed E-state index contributed by atoms with van der Waals surface area (Å²) in [6, 6.07) is 0. The fourth-order valence-electron chi connectivity index (χ4n) is 4.75. The van der Waals surface area contributed by atoms with E-state index in [1.54, 1.807) is 4.57 Å². The zero-order valence-electron chi connectivity index (χ0n) is 19.7. The first-order chi connectivity index (χ1) is 15.3. The van der Waals surface area contributed by atoms with E-state index >= 15 is 0 Å². The molecular formula is C24H32ClN2O6+. The second-order valence-corrected chi connectivity index (χ2v) is 10.6. The van der Waals surface area contributed by atoms with Crippen LogP contribution in [-0.2, 0) is 31.7 Å². The lowest BCUT2D eigenvalue weighted by molar-refractivity contribution is -0.334. The largest absolute Gasteiger partial charge is 0.615 e. The summed E-state index contributed by atoms with van der Waals surface area (Å²) in [4.78, 5) is 50.2. The smallest absolute Gasteiger partial charge is 0.460 e. The molecule has 8 nitrogen and oxygen atoms in total. The molecule has 9 heteroatoms. The maximum Gasteiger partial charge on any atom is 0.615 e. The Bertz CT molecular complexity index is 996. The monoisotopic (exact) mass is 479 g/mol. The number of esters is 1. The van der Waals surface area contributed by atoms with Crippen molar-refractivity contribution in [1.82, 2.24) is 9.88 Å². The van der Waals surface area contributed by atoms with Crippen molar-refractivity contribution in [3.63, 3.8) is 0 Å². The van der Waals surface area contributed by atoms with Gasteiger partial charge < -0.3 is 14.6 Å². The molecule has 0 saturated heterocycles. The molecule has 1 aliphatic heterocycles. The van der Waals surface area contributed by atoms with Gasteiger partial charge in [0.1, 0.15) is 11.3 Å². The van der Waals surface area contributed by atoms with Crippen LogP contribution in [0, 0.1) is 5.92 Å². The van der Waals surface area contributed by atoms with Crippen molar-refractivity contribution in [2.75, 3.05) is 0 Å². The Morgan fingerprint density at radius 2 is 1.88 bits per heavy atom. The van der Waals surface area contributed by atoms with Gasteiger partial charge in [-0.1, -0.05) is 11.6 Å². The van der Waals surface area contributed by atoms with Gasteiger partial charge >= 0.3 is 11.9 Å². The summed E-state index contributed by atoms with van der Waals surface area (Å²) >= 11 is 6.36. The lowest BCUT2D eigenvalue weighted by Gasteiger charge is -2.37. The van der Waals surface area contributed by atoms with E-state index in [1.807, 2.05) is 27.7 Å². The van der Waals surface area contributed by atoms with Crippen LogP contribution in [0.15, 0.2) is 0 Å². The number of hydrogen-bond acceptors (Lipinski definition) is 5. The van der Waals surface area contributed by atoms with Crippen LogP contribution < -0.4 is 5.32 Å². The van der Waals surface area contributed by atoms with Crippen LogP contribution in [0.5, 0.6) is 0 Å². The highest BCUT2D eigenvalue weighted by Gasteiger charge is 2.40. The van der Waals surface area contributed by atoms with Gasteiger partial charge in [0, 0.05) is 24.2 Å². The van der Waals surface area contributed by atoms with Crippen LogP contribution in [0.1, 0.15) is 92.8 Å². The Morgan fingerprint density at radius 1 is 1.24 bits per heavy atom. The minimum Gasteiger partial charge on any atom is -0.460 e. The Morgan fingerprint density at radius 3 is 2.45 bits per heavy atom. The summed E-state index contributed by atoms with van der Waals surface area (Å²) in [7, 11) is 0. The SMILES string of the molecule is C=[O+]C(=O)c1c(Cl)c(C(=O)C(=O)NC2(C)CCC(CC(=O)OC(C)(C)C)CC2)n2c1CCC2. The molecule has 0 bridgehead atoms. The summed E-state index contributed by atoms with van der Waals surface area (Å²) < 4.78 is 11.6. The predicted molar refractivity (Wildman–Crippen MR) is 123 cm³/mol. The third kappa shape index (κ3) is 5.54. The van der Waals surface area contributed by atoms with E-state index in [0.717, 1.165) is 19.3 Å². The number of aromatic nitrogens is 1. The third-order valence-corrected chi connectivity index (χ3v) is 6.73. The first-order valence-corrected chi connectivity index (χ1v) is 11.7. The maximum atomic E-state index is 13.1. The maximum absolute atomic E-state index is 13.1. The number of nitrogens with zero attached hydrogens (tertiary/aromatic N) is 1. The molecule has 1 aromatic rings. The molecule has 2 heterocycles. The van der Waals surface area contributed by atoms with Crippen molar-refractivity contribution in [2.45, 2.75) is 90.3 Å². The van der Waals surface area contributed by atoms with Crippen molar-refractivity contribution in [3.05, 3.63) is 22.0 Å². The highest BCUT2D eigenvalue weighted by Crippen LogP contribution is 2.36. The molecule has 3 rings (SSSR count). The predicted octanol–water partition coefficient (Wildman–Crippen LogP) is 3.57. The second kappa shape index (κ2) is 9.41. The molecular weight excluding hydrogens is 448 g/mol. The van der Waals surface area contributed by atoms with Gasteiger partial charge in [-0.05, 0) is 72.1 Å². The number of halogens is 1. The summed E-state index contributed by atoms with van der Waals surface area (Å²) in [6.07, 6.45) is 4.41. The molecule has 1 fully saturated rings. The lowest BCUT2D eigenvalue weighted by atomic mass is 9.76. The molecule has 0 unspecified atom stereocenters. The Kier molecular flexibility index (Phi) is 7.17. The molecule has 1 saturated carbocycles. The van der Waals surface area contributed by atoms with Crippen molar-refractivity contribution >= 4 is 42.0 Å². The van der Waals surface area contributed by atoms with E-state index in [9.17, 15) is 19.2 Å². The molecule has 0 atom stereocenters. The number of carbonyl (C=O) groups is 4. The number of hydrogen-bond donors (Lipinski definition) is 1.